The summed E-state index contributed by atoms with van der Waals surface area (Å²) in [6.07, 6.45) is 0. The number of anilines is 2. The van der Waals surface area contributed by atoms with Crippen LogP contribution in [-0.2, 0) is 20.2 Å². The van der Waals surface area contributed by atoms with Crippen molar-refractivity contribution in [2.24, 2.45) is 0 Å². The Labute approximate surface area is 159 Å². The van der Waals surface area contributed by atoms with Gasteiger partial charge in [0.2, 0.25) is 0 Å². The van der Waals surface area contributed by atoms with Crippen molar-refractivity contribution in [1.29, 1.82) is 0 Å². The zero-order valence-electron chi connectivity index (χ0n) is 13.3. The highest BCUT2D eigenvalue weighted by atomic mass is 35.5. The van der Waals surface area contributed by atoms with E-state index in [9.17, 15) is 26.5 Å². The Morgan fingerprint density at radius 2 is 1.44 bits per heavy atom. The standard InChI is InChI=1S/C16H12ClNO7S2/c17-14-4-3-11(7-16(14)27(23,24)25)18-10-2-1-9-5-12(26(20,21)22)8-15(19)13(9)6-10/h1-8,18-19H,(H,20,21,22)(H,23,24,25). The normalized spacial score (nSPS) is 12.3. The van der Waals surface area contributed by atoms with Crippen LogP contribution in [0.4, 0.5) is 11.4 Å². The minimum absolute atomic E-state index is 0.142. The molecule has 0 saturated carbocycles. The molecule has 0 radical (unpaired) electrons. The van der Waals surface area contributed by atoms with Crippen molar-refractivity contribution in [2.75, 3.05) is 5.32 Å². The van der Waals surface area contributed by atoms with Crippen LogP contribution in [0.25, 0.3) is 10.8 Å². The number of halogens is 1. The Hall–Kier alpha value is -2.37. The van der Waals surface area contributed by atoms with Gasteiger partial charge in [-0.05, 0) is 41.8 Å². The maximum atomic E-state index is 11.3. The van der Waals surface area contributed by atoms with E-state index in [0.717, 1.165) is 12.1 Å². The number of nitrogens with one attached hydrogen (secondary N) is 1. The van der Waals surface area contributed by atoms with Gasteiger partial charge < -0.3 is 10.4 Å². The van der Waals surface area contributed by atoms with Crippen LogP contribution in [0.3, 0.4) is 0 Å². The number of hydrogen-bond donors (Lipinski definition) is 4. The quantitative estimate of drug-likeness (QED) is 0.462. The maximum absolute atomic E-state index is 11.3. The van der Waals surface area contributed by atoms with Crippen LogP contribution in [0.2, 0.25) is 5.02 Å². The van der Waals surface area contributed by atoms with Gasteiger partial charge in [0.05, 0.1) is 9.92 Å². The predicted molar refractivity (Wildman–Crippen MR) is 100.0 cm³/mol. The zero-order chi connectivity index (χ0) is 20.0. The molecule has 8 nitrogen and oxygen atoms in total. The van der Waals surface area contributed by atoms with Crippen LogP contribution in [0.1, 0.15) is 0 Å². The van der Waals surface area contributed by atoms with E-state index < -0.39 is 30.0 Å². The monoisotopic (exact) mass is 429 g/mol. The van der Waals surface area contributed by atoms with Gasteiger partial charge in [-0.15, -0.1) is 0 Å². The van der Waals surface area contributed by atoms with Crippen molar-refractivity contribution < 1.29 is 31.0 Å². The van der Waals surface area contributed by atoms with Gasteiger partial charge in [-0.2, -0.15) is 16.8 Å². The van der Waals surface area contributed by atoms with E-state index in [0.29, 0.717) is 22.1 Å². The molecule has 3 rings (SSSR count). The summed E-state index contributed by atoms with van der Waals surface area (Å²) in [5.74, 6) is -0.362. The first-order valence-electron chi connectivity index (χ1n) is 7.23. The first kappa shape index (κ1) is 19.4. The highest BCUT2D eigenvalue weighted by Gasteiger charge is 2.16. The number of phenols is 1. The molecule has 0 aliphatic carbocycles. The van der Waals surface area contributed by atoms with Gasteiger partial charge >= 0.3 is 0 Å². The van der Waals surface area contributed by atoms with Gasteiger partial charge in [0, 0.05) is 22.8 Å². The Balaban J connectivity index is 2.03. The average molecular weight is 430 g/mol. The fraction of sp³-hybridized carbons (Fsp3) is 0. The summed E-state index contributed by atoms with van der Waals surface area (Å²) in [5.41, 5.74) is 0.751. The molecule has 4 N–H and O–H groups in total. The molecule has 0 spiro atoms. The third kappa shape index (κ3) is 4.15. The van der Waals surface area contributed by atoms with Crippen molar-refractivity contribution in [3.8, 4) is 5.75 Å². The smallest absolute Gasteiger partial charge is 0.296 e. The number of phenolic OH excluding ortho intramolecular Hbond substituents is 1. The molecule has 0 fully saturated rings. The van der Waals surface area contributed by atoms with Crippen LogP contribution in [-0.4, -0.2) is 31.0 Å². The lowest BCUT2D eigenvalue weighted by Gasteiger charge is -2.11. The Morgan fingerprint density at radius 3 is 2.07 bits per heavy atom. The van der Waals surface area contributed by atoms with Crippen molar-refractivity contribution in [2.45, 2.75) is 9.79 Å². The minimum atomic E-state index is -4.50. The molecule has 0 saturated heterocycles. The molecule has 0 unspecified atom stereocenters. The van der Waals surface area contributed by atoms with Gasteiger partial charge in [0.15, 0.2) is 0 Å². The molecular weight excluding hydrogens is 418 g/mol. The topological polar surface area (TPSA) is 141 Å². The lowest BCUT2D eigenvalue weighted by molar-refractivity contribution is 0.471. The molecule has 3 aromatic carbocycles. The van der Waals surface area contributed by atoms with E-state index in [4.69, 9.17) is 16.2 Å². The molecule has 0 bridgehead atoms. The molecule has 11 heteroatoms. The zero-order valence-corrected chi connectivity index (χ0v) is 15.7. The van der Waals surface area contributed by atoms with E-state index in [-0.39, 0.29) is 10.8 Å². The molecule has 0 atom stereocenters. The van der Waals surface area contributed by atoms with Crippen molar-refractivity contribution >= 4 is 54.0 Å². The molecule has 0 amide bonds. The number of hydrogen-bond acceptors (Lipinski definition) is 6. The summed E-state index contributed by atoms with van der Waals surface area (Å²) in [4.78, 5) is -0.903. The van der Waals surface area contributed by atoms with E-state index in [1.54, 1.807) is 6.07 Å². The first-order valence-corrected chi connectivity index (χ1v) is 10.5. The third-order valence-corrected chi connectivity index (χ3v) is 5.87. The van der Waals surface area contributed by atoms with E-state index in [2.05, 4.69) is 5.32 Å². The summed E-state index contributed by atoms with van der Waals surface area (Å²) in [7, 11) is -8.97. The number of aromatic hydroxyl groups is 1. The summed E-state index contributed by atoms with van der Waals surface area (Å²) in [5, 5.41) is 13.5. The van der Waals surface area contributed by atoms with Crippen molar-refractivity contribution in [3.05, 3.63) is 53.6 Å². The maximum Gasteiger partial charge on any atom is 0.296 e. The molecule has 0 aliphatic rings. The molecule has 27 heavy (non-hydrogen) atoms. The van der Waals surface area contributed by atoms with Crippen LogP contribution < -0.4 is 5.32 Å². The van der Waals surface area contributed by atoms with Gasteiger partial charge in [-0.25, -0.2) is 0 Å². The summed E-state index contributed by atoms with van der Waals surface area (Å²) < 4.78 is 63.4. The molecule has 0 aromatic heterocycles. The second kappa shape index (κ2) is 6.66. The fourth-order valence-corrected chi connectivity index (χ4v) is 4.02. The molecular formula is C16H12ClNO7S2. The molecule has 3 aromatic rings. The van der Waals surface area contributed by atoms with Gasteiger partial charge in [-0.3, -0.25) is 9.11 Å². The van der Waals surface area contributed by atoms with E-state index in [1.807, 2.05) is 0 Å². The van der Waals surface area contributed by atoms with E-state index in [1.165, 1.54) is 30.3 Å². The molecule has 0 heterocycles. The molecule has 142 valence electrons. The summed E-state index contributed by atoms with van der Waals surface area (Å²) >= 11 is 5.76. The van der Waals surface area contributed by atoms with Crippen LogP contribution in [0.15, 0.2) is 58.3 Å². The lowest BCUT2D eigenvalue weighted by Crippen LogP contribution is -2.00. The highest BCUT2D eigenvalue weighted by molar-refractivity contribution is 7.86. The van der Waals surface area contributed by atoms with E-state index >= 15 is 0 Å². The Morgan fingerprint density at radius 1 is 0.815 bits per heavy atom. The van der Waals surface area contributed by atoms with Crippen LogP contribution in [0, 0.1) is 0 Å². The lowest BCUT2D eigenvalue weighted by atomic mass is 10.1. The number of fused-ring (bicyclic) bond motifs is 1. The van der Waals surface area contributed by atoms with Crippen LogP contribution in [0.5, 0.6) is 5.75 Å². The largest absolute Gasteiger partial charge is 0.507 e. The van der Waals surface area contributed by atoms with Gasteiger partial charge in [0.25, 0.3) is 20.2 Å². The number of benzene rings is 3. The second-order valence-corrected chi connectivity index (χ2v) is 8.82. The highest BCUT2D eigenvalue weighted by Crippen LogP contribution is 2.32. The predicted octanol–water partition coefficient (Wildman–Crippen LogP) is 3.44. The van der Waals surface area contributed by atoms with Gasteiger partial charge in [0.1, 0.15) is 10.6 Å². The van der Waals surface area contributed by atoms with Gasteiger partial charge in [-0.1, -0.05) is 17.7 Å². The minimum Gasteiger partial charge on any atom is -0.507 e. The van der Waals surface area contributed by atoms with Crippen LogP contribution >= 0.6 is 11.6 Å². The SMILES string of the molecule is O=S(=O)(O)c1cc(O)c2cc(Nc3ccc(Cl)c(S(=O)(=O)O)c3)ccc2c1. The average Bonchev–Trinajstić information content (AvgIpc) is 2.55. The number of rotatable bonds is 4. The molecule has 0 aliphatic heterocycles. The van der Waals surface area contributed by atoms with Crippen molar-refractivity contribution in [1.82, 2.24) is 0 Å². The first-order chi connectivity index (χ1) is 12.4. The fourth-order valence-electron chi connectivity index (χ4n) is 2.48. The second-order valence-electron chi connectivity index (χ2n) is 5.60. The van der Waals surface area contributed by atoms with Crippen molar-refractivity contribution in [3.63, 3.8) is 0 Å². The Bertz CT molecular complexity index is 1270. The Kier molecular flexibility index (Phi) is 4.78. The third-order valence-electron chi connectivity index (χ3n) is 3.70. The summed E-state index contributed by atoms with van der Waals surface area (Å²) in [6, 6.07) is 10.6. The summed E-state index contributed by atoms with van der Waals surface area (Å²) in [6.45, 7) is 0.